The molecule has 0 saturated heterocycles. The van der Waals surface area contributed by atoms with Gasteiger partial charge in [0.2, 0.25) is 0 Å². The quantitative estimate of drug-likeness (QED) is 0.437. The molecule has 0 aromatic rings. The van der Waals surface area contributed by atoms with Gasteiger partial charge in [-0.15, -0.1) is 12.4 Å². The molecule has 0 heterocycles. The Morgan fingerprint density at radius 2 is 1.75 bits per heavy atom. The lowest BCUT2D eigenvalue weighted by Crippen LogP contribution is -2.56. The van der Waals surface area contributed by atoms with Crippen LogP contribution >= 0.6 is 12.4 Å². The number of carbonyl (C=O) groups excluding carboxylic acids is 1. The predicted molar refractivity (Wildman–Crippen MR) is 127 cm³/mol. The van der Waals surface area contributed by atoms with Crippen molar-refractivity contribution in [2.45, 2.75) is 103 Å². The van der Waals surface area contributed by atoms with Crippen LogP contribution in [0.4, 0.5) is 0 Å². The van der Waals surface area contributed by atoms with E-state index in [1.807, 2.05) is 0 Å². The fourth-order valence-corrected chi connectivity index (χ4v) is 8.18. The molecule has 5 aliphatic carbocycles. The predicted octanol–water partition coefficient (Wildman–Crippen LogP) is 5.10. The van der Waals surface area contributed by atoms with E-state index in [1.54, 1.807) is 0 Å². The molecule has 0 aromatic carbocycles. The molecule has 5 aliphatic rings. The molecule has 0 radical (unpaired) electrons. The smallest absolute Gasteiger partial charge is 0.139 e. The molecule has 0 spiro atoms. The van der Waals surface area contributed by atoms with Gasteiger partial charge in [0, 0.05) is 23.8 Å². The minimum Gasteiger partial charge on any atom is -0.411 e. The first-order valence-electron chi connectivity index (χ1n) is 12.6. The molecule has 5 saturated carbocycles. The number of fused-ring (bicyclic) bond motifs is 5. The first-order valence-corrected chi connectivity index (χ1v) is 12.6. The zero-order valence-electron chi connectivity index (χ0n) is 19.6. The summed E-state index contributed by atoms with van der Waals surface area (Å²) in [6.07, 6.45) is 11.8. The zero-order valence-corrected chi connectivity index (χ0v) is 20.4. The summed E-state index contributed by atoms with van der Waals surface area (Å²) in [5.74, 6) is 2.22. The highest BCUT2D eigenvalue weighted by Crippen LogP contribution is 2.64. The van der Waals surface area contributed by atoms with Crippen LogP contribution in [0.25, 0.3) is 0 Å². The first kappa shape index (κ1) is 24.0. The summed E-state index contributed by atoms with van der Waals surface area (Å²) in [5, 5.41) is 18.4. The number of hydrogen-bond acceptors (Lipinski definition) is 6. The molecule has 1 unspecified atom stereocenters. The highest BCUT2D eigenvalue weighted by atomic mass is 35.5. The van der Waals surface area contributed by atoms with E-state index in [2.05, 4.69) is 24.2 Å². The van der Waals surface area contributed by atoms with E-state index in [1.165, 1.54) is 0 Å². The van der Waals surface area contributed by atoms with E-state index >= 15 is 0 Å². The van der Waals surface area contributed by atoms with E-state index in [0.717, 1.165) is 88.5 Å². The molecule has 5 fully saturated rings. The molecule has 3 N–H and O–H groups in total. The van der Waals surface area contributed by atoms with Crippen molar-refractivity contribution < 1.29 is 14.8 Å². The topological polar surface area (TPSA) is 97.3 Å². The zero-order chi connectivity index (χ0) is 21.8. The largest absolute Gasteiger partial charge is 0.411 e. The Hall–Kier alpha value is -1.14. The van der Waals surface area contributed by atoms with Crippen LogP contribution < -0.4 is 5.73 Å². The van der Waals surface area contributed by atoms with Crippen molar-refractivity contribution in [2.24, 2.45) is 50.5 Å². The Morgan fingerprint density at radius 1 is 1.00 bits per heavy atom. The molecule has 5 rings (SSSR count). The molecule has 180 valence electrons. The summed E-state index contributed by atoms with van der Waals surface area (Å²) in [6.45, 7) is 4.62. The first-order chi connectivity index (χ1) is 14.8. The van der Waals surface area contributed by atoms with Gasteiger partial charge in [0.05, 0.1) is 11.4 Å². The molecular weight excluding hydrogens is 426 g/mol. The Morgan fingerprint density at radius 3 is 2.47 bits per heavy atom. The molecule has 7 heteroatoms. The third kappa shape index (κ3) is 3.79. The maximum absolute atomic E-state index is 12.7. The van der Waals surface area contributed by atoms with Crippen molar-refractivity contribution in [1.29, 1.82) is 0 Å². The third-order valence-corrected chi connectivity index (χ3v) is 10.2. The van der Waals surface area contributed by atoms with Gasteiger partial charge in [-0.1, -0.05) is 24.2 Å². The van der Waals surface area contributed by atoms with Crippen LogP contribution in [-0.2, 0) is 9.63 Å². The minimum atomic E-state index is -0.150. The normalized spacial score (nSPS) is 48.5. The average molecular weight is 466 g/mol. The summed E-state index contributed by atoms with van der Waals surface area (Å²) in [6, 6.07) is 0.314. The van der Waals surface area contributed by atoms with Gasteiger partial charge in [0.15, 0.2) is 0 Å². The Labute approximate surface area is 198 Å². The maximum atomic E-state index is 12.7. The van der Waals surface area contributed by atoms with Crippen LogP contribution in [0.2, 0.25) is 0 Å². The highest BCUT2D eigenvalue weighted by molar-refractivity contribution is 5.96. The van der Waals surface area contributed by atoms with Crippen molar-refractivity contribution >= 4 is 29.6 Å². The van der Waals surface area contributed by atoms with Crippen molar-refractivity contribution in [2.75, 3.05) is 0 Å². The van der Waals surface area contributed by atoms with Crippen molar-refractivity contribution in [3.05, 3.63) is 0 Å². The Balaban J connectivity index is 0.00000245. The number of carbonyl (C=O) groups is 1. The number of rotatable bonds is 2. The van der Waals surface area contributed by atoms with Gasteiger partial charge in [-0.25, -0.2) is 0 Å². The summed E-state index contributed by atoms with van der Waals surface area (Å²) in [7, 11) is 0. The average Bonchev–Trinajstić information content (AvgIpc) is 3.07. The van der Waals surface area contributed by atoms with E-state index in [4.69, 9.17) is 10.6 Å². The van der Waals surface area contributed by atoms with E-state index in [0.29, 0.717) is 29.6 Å². The van der Waals surface area contributed by atoms with Gasteiger partial charge in [0.25, 0.3) is 0 Å². The van der Waals surface area contributed by atoms with Gasteiger partial charge < -0.3 is 15.8 Å². The molecular formula is C25H40ClN3O3. The second-order valence-electron chi connectivity index (χ2n) is 11.7. The Kier molecular flexibility index (Phi) is 6.68. The molecule has 0 aromatic heterocycles. The highest BCUT2D eigenvalue weighted by Gasteiger charge is 2.61. The summed E-state index contributed by atoms with van der Waals surface area (Å²) in [4.78, 5) is 18.6. The SMILES string of the molecule is C[C@]12CCC(=NO[C@H]3CC[C@@H](N)CC3)CC1/C(=N/O)C[C@@H]1[C@@H]2CC[C@]2(C)C(=O)CC[C@@H]12.Cl. The minimum absolute atomic E-state index is 0. The van der Waals surface area contributed by atoms with Gasteiger partial charge in [-0.3, -0.25) is 4.79 Å². The van der Waals surface area contributed by atoms with Crippen LogP contribution in [0.1, 0.15) is 90.9 Å². The molecule has 6 atom stereocenters. The number of nitrogens with two attached hydrogens (primary N) is 1. The van der Waals surface area contributed by atoms with E-state index in [-0.39, 0.29) is 35.3 Å². The molecule has 0 amide bonds. The van der Waals surface area contributed by atoms with Gasteiger partial charge in [-0.05, 0) is 93.8 Å². The van der Waals surface area contributed by atoms with Crippen molar-refractivity contribution in [1.82, 2.24) is 0 Å². The summed E-state index contributed by atoms with van der Waals surface area (Å²) < 4.78 is 0. The molecule has 6 nitrogen and oxygen atoms in total. The lowest BCUT2D eigenvalue weighted by atomic mass is 9.45. The van der Waals surface area contributed by atoms with E-state index in [9.17, 15) is 10.0 Å². The number of ketones is 1. The molecule has 0 aliphatic heterocycles. The maximum Gasteiger partial charge on any atom is 0.139 e. The number of Topliss-reactive ketones (excluding diaryl/α,β-unsaturated/α-hetero) is 1. The monoisotopic (exact) mass is 465 g/mol. The Bertz CT molecular complexity index is 793. The lowest BCUT2D eigenvalue weighted by Gasteiger charge is -2.59. The van der Waals surface area contributed by atoms with Crippen molar-refractivity contribution in [3.8, 4) is 0 Å². The van der Waals surface area contributed by atoms with Crippen LogP contribution in [0.15, 0.2) is 10.3 Å². The summed E-state index contributed by atoms with van der Waals surface area (Å²) >= 11 is 0. The van der Waals surface area contributed by atoms with E-state index < -0.39 is 0 Å². The number of oxime groups is 2. The molecule has 0 bridgehead atoms. The van der Waals surface area contributed by atoms with Crippen LogP contribution in [0, 0.1) is 34.5 Å². The lowest BCUT2D eigenvalue weighted by molar-refractivity contribution is -0.133. The fraction of sp³-hybridized carbons (Fsp3) is 0.880. The fourth-order valence-electron chi connectivity index (χ4n) is 8.18. The molecule has 32 heavy (non-hydrogen) atoms. The van der Waals surface area contributed by atoms with Crippen LogP contribution in [0.5, 0.6) is 0 Å². The van der Waals surface area contributed by atoms with Gasteiger partial charge in [0.1, 0.15) is 11.9 Å². The second-order valence-corrected chi connectivity index (χ2v) is 11.7. The van der Waals surface area contributed by atoms with Crippen molar-refractivity contribution in [3.63, 3.8) is 0 Å². The summed E-state index contributed by atoms with van der Waals surface area (Å²) in [5.41, 5.74) is 8.03. The second kappa shape index (κ2) is 8.90. The van der Waals surface area contributed by atoms with Gasteiger partial charge in [-0.2, -0.15) is 0 Å². The van der Waals surface area contributed by atoms with Crippen LogP contribution in [-0.4, -0.2) is 34.6 Å². The van der Waals surface area contributed by atoms with Gasteiger partial charge >= 0.3 is 0 Å². The number of halogens is 1. The standard InChI is InChI=1S/C25H39N3O3.ClH/c1-24-11-9-16(28-31-17-5-3-15(26)4-6-17)13-21(24)22(27-30)14-18-19-7-8-23(29)25(19,2)12-10-20(18)24;/h15,17-21,30H,3-14,26H2,1-2H3;1H/b27-22+,28-16?;/t15-,17+,18-,19-,20-,21?,24+,25-;/m0./s1. The van der Waals surface area contributed by atoms with Crippen LogP contribution in [0.3, 0.4) is 0 Å². The third-order valence-electron chi connectivity index (χ3n) is 10.2. The number of hydrogen-bond donors (Lipinski definition) is 2. The number of nitrogens with zero attached hydrogens (tertiary/aromatic N) is 2.